The van der Waals surface area contributed by atoms with E-state index >= 15 is 0 Å². The SMILES string of the molecule is CCC(C)N(CC(=O)O)Cc1sc2ccccc2c1Cl. The largest absolute Gasteiger partial charge is 0.480 e. The number of hydrogen-bond acceptors (Lipinski definition) is 3. The number of hydrogen-bond donors (Lipinski definition) is 1. The first-order chi connectivity index (χ1) is 9.52. The van der Waals surface area contributed by atoms with Crippen molar-refractivity contribution in [3.05, 3.63) is 34.2 Å². The minimum atomic E-state index is -0.803. The van der Waals surface area contributed by atoms with Gasteiger partial charge in [-0.15, -0.1) is 11.3 Å². The number of benzene rings is 1. The van der Waals surface area contributed by atoms with Crippen LogP contribution < -0.4 is 0 Å². The summed E-state index contributed by atoms with van der Waals surface area (Å²) in [6.07, 6.45) is 0.912. The molecule has 2 aromatic rings. The smallest absolute Gasteiger partial charge is 0.317 e. The highest BCUT2D eigenvalue weighted by molar-refractivity contribution is 7.19. The Morgan fingerprint density at radius 3 is 2.75 bits per heavy atom. The standard InChI is InChI=1S/C15H18ClNO2S/c1-3-10(2)17(9-14(18)19)8-13-15(16)11-6-4-5-7-12(11)20-13/h4-7,10H,3,8-9H2,1-2H3,(H,18,19). The van der Waals surface area contributed by atoms with E-state index in [1.165, 1.54) is 0 Å². The molecule has 0 bridgehead atoms. The maximum Gasteiger partial charge on any atom is 0.317 e. The minimum absolute atomic E-state index is 0.0413. The molecule has 1 unspecified atom stereocenters. The Morgan fingerprint density at radius 1 is 1.45 bits per heavy atom. The maximum absolute atomic E-state index is 11.0. The topological polar surface area (TPSA) is 40.5 Å². The third kappa shape index (κ3) is 3.32. The van der Waals surface area contributed by atoms with E-state index in [2.05, 4.69) is 6.92 Å². The second kappa shape index (κ2) is 6.57. The van der Waals surface area contributed by atoms with Crippen LogP contribution in [0.2, 0.25) is 5.02 Å². The number of aliphatic carboxylic acids is 1. The molecule has 0 radical (unpaired) electrons. The predicted molar refractivity (Wildman–Crippen MR) is 84.6 cm³/mol. The van der Waals surface area contributed by atoms with Gasteiger partial charge in [0.2, 0.25) is 0 Å². The average molecular weight is 312 g/mol. The molecule has 1 heterocycles. The van der Waals surface area contributed by atoms with E-state index in [0.29, 0.717) is 6.54 Å². The van der Waals surface area contributed by atoms with Crippen molar-refractivity contribution in [3.8, 4) is 0 Å². The molecule has 0 fully saturated rings. The van der Waals surface area contributed by atoms with E-state index in [0.717, 1.165) is 26.4 Å². The summed E-state index contributed by atoms with van der Waals surface area (Å²) in [5.74, 6) is -0.803. The summed E-state index contributed by atoms with van der Waals surface area (Å²) in [5, 5.41) is 10.8. The fourth-order valence-electron chi connectivity index (χ4n) is 2.15. The normalized spacial score (nSPS) is 13.0. The molecule has 0 saturated heterocycles. The average Bonchev–Trinajstić information content (AvgIpc) is 2.74. The molecule has 0 amide bonds. The molecule has 2 rings (SSSR count). The molecule has 1 atom stereocenters. The Morgan fingerprint density at radius 2 is 2.15 bits per heavy atom. The summed E-state index contributed by atoms with van der Waals surface area (Å²) in [6, 6.07) is 8.21. The highest BCUT2D eigenvalue weighted by atomic mass is 35.5. The van der Waals surface area contributed by atoms with Crippen LogP contribution in [0.1, 0.15) is 25.1 Å². The second-order valence-electron chi connectivity index (χ2n) is 4.89. The highest BCUT2D eigenvalue weighted by Gasteiger charge is 2.19. The Hall–Kier alpha value is -1.10. The Kier molecular flexibility index (Phi) is 5.02. The molecule has 1 aromatic heterocycles. The van der Waals surface area contributed by atoms with E-state index in [9.17, 15) is 4.79 Å². The van der Waals surface area contributed by atoms with Crippen molar-refractivity contribution >= 4 is 39.0 Å². The van der Waals surface area contributed by atoms with Gasteiger partial charge >= 0.3 is 5.97 Å². The molecule has 5 heteroatoms. The molecule has 108 valence electrons. The molecule has 1 N–H and O–H groups in total. The fraction of sp³-hybridized carbons (Fsp3) is 0.400. The Balaban J connectivity index is 2.28. The maximum atomic E-state index is 11.0. The van der Waals surface area contributed by atoms with E-state index in [-0.39, 0.29) is 12.6 Å². The van der Waals surface area contributed by atoms with Gasteiger partial charge in [-0.05, 0) is 19.4 Å². The molecule has 0 aliphatic rings. The van der Waals surface area contributed by atoms with Gasteiger partial charge in [-0.3, -0.25) is 9.69 Å². The van der Waals surface area contributed by atoms with E-state index in [4.69, 9.17) is 16.7 Å². The number of halogens is 1. The van der Waals surface area contributed by atoms with Crippen LogP contribution in [-0.4, -0.2) is 28.6 Å². The molecule has 0 spiro atoms. The summed E-state index contributed by atoms with van der Waals surface area (Å²) < 4.78 is 1.15. The lowest BCUT2D eigenvalue weighted by Gasteiger charge is -2.26. The van der Waals surface area contributed by atoms with Crippen molar-refractivity contribution in [1.29, 1.82) is 0 Å². The molecular formula is C15H18ClNO2S. The second-order valence-corrected chi connectivity index (χ2v) is 6.41. The number of rotatable bonds is 6. The number of thiophene rings is 1. The minimum Gasteiger partial charge on any atom is -0.480 e. The first-order valence-corrected chi connectivity index (χ1v) is 7.84. The van der Waals surface area contributed by atoms with Crippen LogP contribution in [0.25, 0.3) is 10.1 Å². The zero-order valence-corrected chi connectivity index (χ0v) is 13.2. The van der Waals surface area contributed by atoms with Gasteiger partial charge in [0.1, 0.15) is 0 Å². The van der Waals surface area contributed by atoms with Crippen LogP contribution in [0.3, 0.4) is 0 Å². The van der Waals surface area contributed by atoms with Crippen LogP contribution >= 0.6 is 22.9 Å². The predicted octanol–water partition coefficient (Wildman–Crippen LogP) is 4.24. The van der Waals surface area contributed by atoms with Crippen molar-refractivity contribution in [3.63, 3.8) is 0 Å². The van der Waals surface area contributed by atoms with Gasteiger partial charge in [-0.1, -0.05) is 36.7 Å². The van der Waals surface area contributed by atoms with Gasteiger partial charge < -0.3 is 5.11 Å². The number of carbonyl (C=O) groups is 1. The number of fused-ring (bicyclic) bond motifs is 1. The van der Waals surface area contributed by atoms with Gasteiger partial charge in [0.15, 0.2) is 0 Å². The monoisotopic (exact) mass is 311 g/mol. The van der Waals surface area contributed by atoms with Gasteiger partial charge in [0.05, 0.1) is 11.6 Å². The molecule has 1 aromatic carbocycles. The lowest BCUT2D eigenvalue weighted by atomic mass is 10.2. The van der Waals surface area contributed by atoms with Gasteiger partial charge in [-0.25, -0.2) is 0 Å². The quantitative estimate of drug-likeness (QED) is 0.867. The number of carboxylic acid groups (broad SMARTS) is 1. The molecular weight excluding hydrogens is 294 g/mol. The van der Waals surface area contributed by atoms with Crippen LogP contribution in [0.15, 0.2) is 24.3 Å². The lowest BCUT2D eigenvalue weighted by Crippen LogP contribution is -2.36. The Bertz CT molecular complexity index is 611. The first kappa shape index (κ1) is 15.3. The van der Waals surface area contributed by atoms with Crippen molar-refractivity contribution in [2.45, 2.75) is 32.9 Å². The zero-order chi connectivity index (χ0) is 14.7. The number of nitrogens with zero attached hydrogens (tertiary/aromatic N) is 1. The van der Waals surface area contributed by atoms with Crippen molar-refractivity contribution < 1.29 is 9.90 Å². The van der Waals surface area contributed by atoms with Crippen molar-refractivity contribution in [2.24, 2.45) is 0 Å². The third-order valence-electron chi connectivity index (χ3n) is 3.50. The van der Waals surface area contributed by atoms with Crippen LogP contribution in [0.4, 0.5) is 0 Å². The van der Waals surface area contributed by atoms with Gasteiger partial charge in [0.25, 0.3) is 0 Å². The fourth-order valence-corrected chi connectivity index (χ4v) is 3.67. The van der Waals surface area contributed by atoms with Crippen molar-refractivity contribution in [1.82, 2.24) is 4.90 Å². The summed E-state index contributed by atoms with van der Waals surface area (Å²) in [4.78, 5) is 14.0. The molecule has 20 heavy (non-hydrogen) atoms. The summed E-state index contributed by atoms with van der Waals surface area (Å²) in [5.41, 5.74) is 0. The van der Waals surface area contributed by atoms with Crippen LogP contribution in [0, 0.1) is 0 Å². The molecule has 0 saturated carbocycles. The van der Waals surface area contributed by atoms with Crippen LogP contribution in [0.5, 0.6) is 0 Å². The molecule has 0 aliphatic heterocycles. The lowest BCUT2D eigenvalue weighted by molar-refractivity contribution is -0.139. The summed E-state index contributed by atoms with van der Waals surface area (Å²) >= 11 is 8.06. The van der Waals surface area contributed by atoms with E-state index in [1.54, 1.807) is 11.3 Å². The van der Waals surface area contributed by atoms with Gasteiger partial charge in [-0.2, -0.15) is 0 Å². The summed E-state index contributed by atoms with van der Waals surface area (Å²) in [7, 11) is 0. The van der Waals surface area contributed by atoms with Gasteiger partial charge in [0, 0.05) is 27.5 Å². The van der Waals surface area contributed by atoms with Crippen LogP contribution in [-0.2, 0) is 11.3 Å². The van der Waals surface area contributed by atoms with E-state index in [1.807, 2.05) is 36.1 Å². The molecule has 3 nitrogen and oxygen atoms in total. The number of carboxylic acids is 1. The highest BCUT2D eigenvalue weighted by Crippen LogP contribution is 2.36. The zero-order valence-electron chi connectivity index (χ0n) is 11.6. The third-order valence-corrected chi connectivity index (χ3v) is 5.20. The Labute approximate surface area is 127 Å². The first-order valence-electron chi connectivity index (χ1n) is 6.64. The van der Waals surface area contributed by atoms with E-state index < -0.39 is 5.97 Å². The summed E-state index contributed by atoms with van der Waals surface area (Å²) in [6.45, 7) is 4.73. The molecule has 0 aliphatic carbocycles. The van der Waals surface area contributed by atoms with Crippen molar-refractivity contribution in [2.75, 3.05) is 6.54 Å².